The van der Waals surface area contributed by atoms with Gasteiger partial charge in [0.15, 0.2) is 0 Å². The maximum Gasteiger partial charge on any atom is 0.141 e. The number of nitrogens with zero attached hydrogens (tertiary/aromatic N) is 2. The summed E-state index contributed by atoms with van der Waals surface area (Å²) < 4.78 is 6.00. The summed E-state index contributed by atoms with van der Waals surface area (Å²) >= 11 is 0. The van der Waals surface area contributed by atoms with E-state index >= 15 is 0 Å². The molecule has 0 fully saturated rings. The molecule has 6 aromatic rings. The second-order valence-electron chi connectivity index (χ2n) is 8.25. The Morgan fingerprint density at radius 3 is 2.16 bits per heavy atom. The molecule has 0 amide bonds. The van der Waals surface area contributed by atoms with Crippen LogP contribution in [-0.4, -0.2) is 9.97 Å². The summed E-state index contributed by atoms with van der Waals surface area (Å²) in [6.45, 7) is 0.494. The van der Waals surface area contributed by atoms with E-state index in [-0.39, 0.29) is 52.8 Å². The average Bonchev–Trinajstić information content (AvgIpc) is 2.97. The Hall–Kier alpha value is -3.01. The maximum atomic E-state index is 6.00. The second-order valence-corrected chi connectivity index (χ2v) is 8.25. The van der Waals surface area contributed by atoms with Crippen LogP contribution in [0, 0.1) is 24.3 Å². The van der Waals surface area contributed by atoms with Crippen molar-refractivity contribution in [2.24, 2.45) is 0 Å². The van der Waals surface area contributed by atoms with Crippen LogP contribution >= 0.6 is 0 Å². The van der Waals surface area contributed by atoms with Gasteiger partial charge in [-0.2, -0.15) is 17.7 Å². The van der Waals surface area contributed by atoms with Gasteiger partial charge in [-0.25, -0.2) is 22.7 Å². The molecule has 0 bridgehead atoms. The summed E-state index contributed by atoms with van der Waals surface area (Å²) in [6.07, 6.45) is 1.79. The van der Waals surface area contributed by atoms with Crippen LogP contribution in [0.1, 0.15) is 5.56 Å². The molecule has 3 heterocycles. The van der Waals surface area contributed by atoms with Gasteiger partial charge in [0.2, 0.25) is 0 Å². The summed E-state index contributed by atoms with van der Waals surface area (Å²) in [5.74, 6) is 0.812. The minimum absolute atomic E-state index is 0. The SMILES string of the molecule is [Ir].[Y].[c-]1ccccc1-c1[c-]c[c-]c2c1COc1cc3ccccc3nc1-2.[c-]1ccccc1-c1ccccn1. The zero-order valence-corrected chi connectivity index (χ0v) is 25.5. The molecule has 4 aromatic carbocycles. The fourth-order valence-electron chi connectivity index (χ4n) is 4.23. The predicted octanol–water partition coefficient (Wildman–Crippen LogP) is 7.41. The molecule has 184 valence electrons. The van der Waals surface area contributed by atoms with Crippen molar-refractivity contribution in [1.82, 2.24) is 9.97 Å². The molecular formula is C33H20IrN2OY-4. The Bertz CT molecular complexity index is 1590. The van der Waals surface area contributed by atoms with E-state index in [9.17, 15) is 0 Å². The first-order valence-corrected chi connectivity index (χ1v) is 11.7. The molecule has 2 radical (unpaired) electrons. The molecule has 0 unspecified atom stereocenters. The van der Waals surface area contributed by atoms with E-state index in [0.717, 1.165) is 55.9 Å². The normalized spacial score (nSPS) is 10.8. The standard InChI is InChI=1S/C22H12NO.C11H8N.Ir.Y/c1-2-7-15(8-3-1)17-10-6-11-18-19(17)14-24-21-13-16-9-4-5-12-20(16)23-22(18)21;1-2-6-10(7-3-1)11-8-4-5-9-12-11;;/h1-7,9,12-13H,14H2;1-6,8-9H;;/q-3;-1;;. The van der Waals surface area contributed by atoms with E-state index < -0.39 is 0 Å². The third-order valence-corrected chi connectivity index (χ3v) is 5.96. The van der Waals surface area contributed by atoms with Gasteiger partial charge in [-0.05, 0) is 23.9 Å². The van der Waals surface area contributed by atoms with Crippen molar-refractivity contribution >= 4 is 10.9 Å². The van der Waals surface area contributed by atoms with Crippen molar-refractivity contribution in [3.8, 4) is 39.4 Å². The van der Waals surface area contributed by atoms with Crippen molar-refractivity contribution in [3.05, 3.63) is 139 Å². The van der Waals surface area contributed by atoms with Crippen LogP contribution in [0.5, 0.6) is 5.75 Å². The van der Waals surface area contributed by atoms with Gasteiger partial charge < -0.3 is 26.9 Å². The fraction of sp³-hybridized carbons (Fsp3) is 0.0303. The second kappa shape index (κ2) is 13.2. The Kier molecular flexibility index (Phi) is 9.71. The summed E-state index contributed by atoms with van der Waals surface area (Å²) in [4.78, 5) is 9.03. The number of aromatic nitrogens is 2. The van der Waals surface area contributed by atoms with Crippen LogP contribution in [0.3, 0.4) is 0 Å². The van der Waals surface area contributed by atoms with Gasteiger partial charge in [-0.1, -0.05) is 30.3 Å². The van der Waals surface area contributed by atoms with Crippen LogP contribution in [0.2, 0.25) is 0 Å². The molecule has 0 saturated heterocycles. The van der Waals surface area contributed by atoms with Gasteiger partial charge in [0.05, 0.1) is 11.2 Å². The summed E-state index contributed by atoms with van der Waals surface area (Å²) in [6, 6.07) is 46.6. The Labute approximate surface area is 261 Å². The summed E-state index contributed by atoms with van der Waals surface area (Å²) in [7, 11) is 0. The van der Waals surface area contributed by atoms with Crippen molar-refractivity contribution in [2.45, 2.75) is 6.61 Å². The molecule has 2 aromatic heterocycles. The zero-order chi connectivity index (χ0) is 24.2. The third-order valence-electron chi connectivity index (χ3n) is 5.96. The molecule has 7 rings (SSSR count). The van der Waals surface area contributed by atoms with E-state index in [1.54, 1.807) is 6.20 Å². The van der Waals surface area contributed by atoms with E-state index in [2.05, 4.69) is 35.3 Å². The molecule has 5 heteroatoms. The molecule has 0 atom stereocenters. The first kappa shape index (κ1) is 28.0. The van der Waals surface area contributed by atoms with Gasteiger partial charge in [0.1, 0.15) is 5.75 Å². The molecule has 0 saturated carbocycles. The van der Waals surface area contributed by atoms with Crippen molar-refractivity contribution in [3.63, 3.8) is 0 Å². The molecule has 1 aliphatic rings. The van der Waals surface area contributed by atoms with Gasteiger partial charge in [0, 0.05) is 71.0 Å². The molecule has 3 nitrogen and oxygen atoms in total. The molecule has 1 aliphatic heterocycles. The number of fused-ring (bicyclic) bond motifs is 4. The third kappa shape index (κ3) is 6.00. The van der Waals surface area contributed by atoms with E-state index in [1.165, 1.54) is 0 Å². The minimum atomic E-state index is 0. The zero-order valence-electron chi connectivity index (χ0n) is 20.3. The van der Waals surface area contributed by atoms with Gasteiger partial charge in [-0.15, -0.1) is 42.0 Å². The topological polar surface area (TPSA) is 35.0 Å². The summed E-state index contributed by atoms with van der Waals surface area (Å²) in [5.41, 5.74) is 7.89. The van der Waals surface area contributed by atoms with Crippen LogP contribution in [0.4, 0.5) is 0 Å². The number of ether oxygens (including phenoxy) is 1. The smallest absolute Gasteiger partial charge is 0.141 e. The van der Waals surface area contributed by atoms with Gasteiger partial charge in [-0.3, -0.25) is 12.1 Å². The molecular weight excluding hydrogens is 721 g/mol. The van der Waals surface area contributed by atoms with E-state index in [1.807, 2.05) is 97.1 Å². The number of para-hydroxylation sites is 1. The van der Waals surface area contributed by atoms with Crippen molar-refractivity contribution in [2.75, 3.05) is 0 Å². The monoisotopic (exact) mass is 742 g/mol. The van der Waals surface area contributed by atoms with E-state index in [4.69, 9.17) is 9.72 Å². The first-order chi connectivity index (χ1) is 17.9. The van der Waals surface area contributed by atoms with Crippen LogP contribution < -0.4 is 4.74 Å². The number of pyridine rings is 2. The van der Waals surface area contributed by atoms with E-state index in [0.29, 0.717) is 6.61 Å². The molecule has 0 aliphatic carbocycles. The largest absolute Gasteiger partial charge is 0.505 e. The van der Waals surface area contributed by atoms with Gasteiger partial charge in [0.25, 0.3) is 0 Å². The molecule has 38 heavy (non-hydrogen) atoms. The number of hydrogen-bond acceptors (Lipinski definition) is 3. The average molecular weight is 742 g/mol. The van der Waals surface area contributed by atoms with Crippen LogP contribution in [0.15, 0.2) is 109 Å². The van der Waals surface area contributed by atoms with Crippen molar-refractivity contribution < 1.29 is 57.6 Å². The first-order valence-electron chi connectivity index (χ1n) is 11.7. The number of hydrogen-bond donors (Lipinski definition) is 0. The number of rotatable bonds is 2. The van der Waals surface area contributed by atoms with Crippen molar-refractivity contribution in [1.29, 1.82) is 0 Å². The van der Waals surface area contributed by atoms with Crippen LogP contribution in [0.25, 0.3) is 44.5 Å². The van der Waals surface area contributed by atoms with Crippen LogP contribution in [-0.2, 0) is 59.4 Å². The summed E-state index contributed by atoms with van der Waals surface area (Å²) in [5, 5.41) is 1.08. The van der Waals surface area contributed by atoms with Gasteiger partial charge >= 0.3 is 0 Å². The quantitative estimate of drug-likeness (QED) is 0.174. The molecule has 0 N–H and O–H groups in total. The molecule has 0 spiro atoms. The Morgan fingerprint density at radius 1 is 0.711 bits per heavy atom. The fourth-order valence-corrected chi connectivity index (χ4v) is 4.23. The Balaban J connectivity index is 0.000000205. The predicted molar refractivity (Wildman–Crippen MR) is 142 cm³/mol. The maximum absolute atomic E-state index is 6.00. The minimum Gasteiger partial charge on any atom is -0.505 e. The number of benzene rings is 4. The Morgan fingerprint density at radius 2 is 1.42 bits per heavy atom.